The van der Waals surface area contributed by atoms with Crippen LogP contribution in [0.15, 0.2) is 18.2 Å². The minimum absolute atomic E-state index is 0.0976. The Hall–Kier alpha value is -1.59. The Morgan fingerprint density at radius 3 is 3.09 bits per heavy atom. The molecule has 2 aliphatic rings. The van der Waals surface area contributed by atoms with Gasteiger partial charge in [-0.25, -0.2) is 0 Å². The van der Waals surface area contributed by atoms with Crippen LogP contribution in [0.5, 0.6) is 5.75 Å². The Bertz CT molecular complexity index is 535. The lowest BCUT2D eigenvalue weighted by Crippen LogP contribution is -2.31. The summed E-state index contributed by atoms with van der Waals surface area (Å²) in [4.78, 5) is 12.2. The van der Waals surface area contributed by atoms with Crippen molar-refractivity contribution in [1.29, 1.82) is 0 Å². The smallest absolute Gasteiger partial charge is 0.224 e. The number of benzene rings is 1. The van der Waals surface area contributed by atoms with Gasteiger partial charge < -0.3 is 20.1 Å². The van der Waals surface area contributed by atoms with Gasteiger partial charge in [-0.2, -0.15) is 0 Å². The number of carbonyl (C=O) groups excluding carboxylic acids is 1. The van der Waals surface area contributed by atoms with Crippen molar-refractivity contribution in [2.45, 2.75) is 26.3 Å². The van der Waals surface area contributed by atoms with Crippen LogP contribution in [0.2, 0.25) is 0 Å². The molecule has 0 spiro atoms. The van der Waals surface area contributed by atoms with Crippen molar-refractivity contribution < 1.29 is 14.3 Å². The Kier molecular flexibility index (Phi) is 5.51. The van der Waals surface area contributed by atoms with Crippen LogP contribution in [0, 0.1) is 18.8 Å². The summed E-state index contributed by atoms with van der Waals surface area (Å²) >= 11 is 0. The zero-order valence-electron chi connectivity index (χ0n) is 13.8. The highest BCUT2D eigenvalue weighted by Crippen LogP contribution is 2.23. The van der Waals surface area contributed by atoms with Crippen LogP contribution in [0.3, 0.4) is 0 Å². The van der Waals surface area contributed by atoms with Crippen LogP contribution >= 0.6 is 0 Å². The molecule has 0 aliphatic carbocycles. The number of nitrogens with one attached hydrogen (secondary N) is 2. The van der Waals surface area contributed by atoms with E-state index in [1.807, 2.05) is 6.07 Å². The molecule has 23 heavy (non-hydrogen) atoms. The van der Waals surface area contributed by atoms with Crippen LogP contribution in [-0.4, -0.2) is 38.8 Å². The van der Waals surface area contributed by atoms with Gasteiger partial charge in [0, 0.05) is 31.2 Å². The summed E-state index contributed by atoms with van der Waals surface area (Å²) in [6.07, 6.45) is 1.98. The molecule has 1 aromatic carbocycles. The van der Waals surface area contributed by atoms with Gasteiger partial charge in [0.15, 0.2) is 0 Å². The molecule has 2 heterocycles. The molecular weight excluding hydrogens is 292 g/mol. The third-order valence-electron chi connectivity index (χ3n) is 4.61. The first-order chi connectivity index (χ1) is 11.2. The van der Waals surface area contributed by atoms with E-state index >= 15 is 0 Å². The Morgan fingerprint density at radius 2 is 2.35 bits per heavy atom. The molecule has 0 bridgehead atoms. The summed E-state index contributed by atoms with van der Waals surface area (Å²) in [5.41, 5.74) is 2.20. The quantitative estimate of drug-likeness (QED) is 0.837. The Labute approximate surface area is 137 Å². The van der Waals surface area contributed by atoms with Crippen LogP contribution in [0.25, 0.3) is 0 Å². The van der Waals surface area contributed by atoms with Gasteiger partial charge in [0.1, 0.15) is 5.75 Å². The van der Waals surface area contributed by atoms with Crippen LogP contribution in [0.1, 0.15) is 24.0 Å². The van der Waals surface area contributed by atoms with E-state index in [2.05, 4.69) is 29.7 Å². The van der Waals surface area contributed by atoms with E-state index in [1.54, 1.807) is 0 Å². The SMILES string of the molecule is Cc1ccc(CNC(=O)C2CCNC2)c(OCC2CCOC2)c1. The van der Waals surface area contributed by atoms with Gasteiger partial charge in [-0.1, -0.05) is 12.1 Å². The third-order valence-corrected chi connectivity index (χ3v) is 4.61. The van der Waals surface area contributed by atoms with Crippen LogP contribution in [-0.2, 0) is 16.1 Å². The van der Waals surface area contributed by atoms with Gasteiger partial charge in [0.2, 0.25) is 5.91 Å². The van der Waals surface area contributed by atoms with Crippen molar-refractivity contribution in [2.75, 3.05) is 32.9 Å². The minimum Gasteiger partial charge on any atom is -0.493 e. The molecule has 2 saturated heterocycles. The molecule has 3 rings (SSSR count). The van der Waals surface area contributed by atoms with Crippen molar-refractivity contribution >= 4 is 5.91 Å². The second kappa shape index (κ2) is 7.79. The molecule has 0 aromatic heterocycles. The van der Waals surface area contributed by atoms with Crippen molar-refractivity contribution in [3.8, 4) is 5.75 Å². The van der Waals surface area contributed by atoms with E-state index < -0.39 is 0 Å². The van der Waals surface area contributed by atoms with Crippen LogP contribution in [0.4, 0.5) is 0 Å². The first-order valence-corrected chi connectivity index (χ1v) is 8.51. The summed E-state index contributed by atoms with van der Waals surface area (Å²) in [5.74, 6) is 1.58. The summed E-state index contributed by atoms with van der Waals surface area (Å²) in [6.45, 7) is 6.58. The zero-order valence-corrected chi connectivity index (χ0v) is 13.8. The topological polar surface area (TPSA) is 59.6 Å². The summed E-state index contributed by atoms with van der Waals surface area (Å²) in [6, 6.07) is 6.15. The minimum atomic E-state index is 0.0976. The number of amides is 1. The van der Waals surface area contributed by atoms with Crippen molar-refractivity contribution in [2.24, 2.45) is 11.8 Å². The molecule has 0 radical (unpaired) electrons. The van der Waals surface area contributed by atoms with Gasteiger partial charge >= 0.3 is 0 Å². The molecule has 2 aliphatic heterocycles. The van der Waals surface area contributed by atoms with E-state index in [9.17, 15) is 4.79 Å². The highest BCUT2D eigenvalue weighted by atomic mass is 16.5. The van der Waals surface area contributed by atoms with Gasteiger partial charge in [0.25, 0.3) is 0 Å². The van der Waals surface area contributed by atoms with E-state index in [1.165, 1.54) is 0 Å². The van der Waals surface area contributed by atoms with Crippen molar-refractivity contribution in [3.05, 3.63) is 29.3 Å². The van der Waals surface area contributed by atoms with E-state index in [4.69, 9.17) is 9.47 Å². The second-order valence-electron chi connectivity index (χ2n) is 6.56. The Balaban J connectivity index is 1.57. The zero-order chi connectivity index (χ0) is 16.1. The lowest BCUT2D eigenvalue weighted by molar-refractivity contribution is -0.124. The summed E-state index contributed by atoms with van der Waals surface area (Å²) in [5, 5.41) is 6.27. The van der Waals surface area contributed by atoms with E-state index in [0.29, 0.717) is 19.1 Å². The molecular formula is C18H26N2O3. The monoisotopic (exact) mass is 318 g/mol. The maximum Gasteiger partial charge on any atom is 0.224 e. The highest BCUT2D eigenvalue weighted by molar-refractivity contribution is 5.79. The first kappa shape index (κ1) is 16.3. The third kappa shape index (κ3) is 4.45. The fourth-order valence-electron chi connectivity index (χ4n) is 3.07. The average Bonchev–Trinajstić information content (AvgIpc) is 3.25. The predicted molar refractivity (Wildman–Crippen MR) is 88.4 cm³/mol. The fraction of sp³-hybridized carbons (Fsp3) is 0.611. The number of aryl methyl sites for hydroxylation is 1. The molecule has 126 valence electrons. The number of ether oxygens (including phenoxy) is 2. The summed E-state index contributed by atoms with van der Waals surface area (Å²) in [7, 11) is 0. The normalized spacial score (nSPS) is 23.9. The van der Waals surface area contributed by atoms with Crippen molar-refractivity contribution in [3.63, 3.8) is 0 Å². The van der Waals surface area contributed by atoms with Gasteiger partial charge in [-0.15, -0.1) is 0 Å². The van der Waals surface area contributed by atoms with Gasteiger partial charge in [-0.3, -0.25) is 4.79 Å². The average molecular weight is 318 g/mol. The molecule has 2 fully saturated rings. The predicted octanol–water partition coefficient (Wildman–Crippen LogP) is 1.64. The second-order valence-corrected chi connectivity index (χ2v) is 6.56. The van der Waals surface area contributed by atoms with Crippen LogP contribution < -0.4 is 15.4 Å². The summed E-state index contributed by atoms with van der Waals surface area (Å²) < 4.78 is 11.4. The maximum atomic E-state index is 12.2. The highest BCUT2D eigenvalue weighted by Gasteiger charge is 2.22. The lowest BCUT2D eigenvalue weighted by atomic mass is 10.1. The largest absolute Gasteiger partial charge is 0.493 e. The molecule has 0 saturated carbocycles. The molecule has 2 atom stereocenters. The number of hydrogen-bond donors (Lipinski definition) is 2. The molecule has 5 nitrogen and oxygen atoms in total. The lowest BCUT2D eigenvalue weighted by Gasteiger charge is -2.16. The number of carbonyl (C=O) groups is 1. The fourth-order valence-corrected chi connectivity index (χ4v) is 3.07. The van der Waals surface area contributed by atoms with E-state index in [0.717, 1.165) is 56.0 Å². The van der Waals surface area contributed by atoms with Gasteiger partial charge in [0.05, 0.1) is 19.1 Å². The molecule has 5 heteroatoms. The molecule has 2 N–H and O–H groups in total. The molecule has 1 aromatic rings. The number of hydrogen-bond acceptors (Lipinski definition) is 4. The van der Waals surface area contributed by atoms with Crippen molar-refractivity contribution in [1.82, 2.24) is 10.6 Å². The number of rotatable bonds is 6. The van der Waals surface area contributed by atoms with Gasteiger partial charge in [-0.05, 0) is 37.9 Å². The Morgan fingerprint density at radius 1 is 1.43 bits per heavy atom. The first-order valence-electron chi connectivity index (χ1n) is 8.51. The molecule has 2 unspecified atom stereocenters. The van der Waals surface area contributed by atoms with E-state index in [-0.39, 0.29) is 11.8 Å². The standard InChI is InChI=1S/C18H26N2O3/c1-13-2-3-15(10-20-18(21)16-4-6-19-9-16)17(8-13)23-12-14-5-7-22-11-14/h2-3,8,14,16,19H,4-7,9-12H2,1H3,(H,20,21). The molecule has 1 amide bonds. The maximum absolute atomic E-state index is 12.2.